The lowest BCUT2D eigenvalue weighted by atomic mass is 10.0. The van der Waals surface area contributed by atoms with E-state index < -0.39 is 14.0 Å². The van der Waals surface area contributed by atoms with Crippen LogP contribution in [0.5, 0.6) is 0 Å². The Hall–Kier alpha value is -0.393. The number of likely N-dealkylation sites (tertiary alicyclic amines) is 1. The zero-order valence-corrected chi connectivity index (χ0v) is 19.3. The molecule has 0 aromatic heterocycles. The van der Waals surface area contributed by atoms with Gasteiger partial charge < -0.3 is 14.4 Å². The molecule has 0 spiro atoms. The van der Waals surface area contributed by atoms with E-state index in [2.05, 4.69) is 48.5 Å². The minimum Gasteiger partial charge on any atom is -0.416 e. The molecule has 0 bridgehead atoms. The number of unbranched alkanes of at least 4 members (excludes halogenated alkanes) is 2. The quantitative estimate of drug-likeness (QED) is 0.358. The van der Waals surface area contributed by atoms with E-state index in [1.807, 2.05) is 0 Å². The van der Waals surface area contributed by atoms with Crippen molar-refractivity contribution in [3.8, 4) is 0 Å². The Morgan fingerprint density at radius 1 is 1.08 bits per heavy atom. The topological polar surface area (TPSA) is 49.8 Å². The summed E-state index contributed by atoms with van der Waals surface area (Å²) in [7, 11) is -1.80. The summed E-state index contributed by atoms with van der Waals surface area (Å²) in [5, 5.41) is 10.9. The van der Waals surface area contributed by atoms with Gasteiger partial charge in [-0.15, -0.1) is 0 Å². The largest absolute Gasteiger partial charge is 0.416 e. The Morgan fingerprint density at radius 2 is 1.65 bits per heavy atom. The van der Waals surface area contributed by atoms with Crippen LogP contribution in [0.2, 0.25) is 16.6 Å². The molecule has 1 unspecified atom stereocenters. The number of nitrogens with zero attached hydrogens (tertiary/aromatic N) is 1. The van der Waals surface area contributed by atoms with Crippen LogP contribution in [0.3, 0.4) is 0 Å². The second kappa shape index (κ2) is 10.2. The van der Waals surface area contributed by atoms with E-state index in [-0.39, 0.29) is 5.91 Å². The first-order valence-electron chi connectivity index (χ1n) is 10.8. The fraction of sp³-hybridized carbons (Fsp3) is 0.952. The summed E-state index contributed by atoms with van der Waals surface area (Å²) in [6, 6.07) is 0. The summed E-state index contributed by atoms with van der Waals surface area (Å²) in [5.41, 5.74) is 0.880. The molecule has 26 heavy (non-hydrogen) atoms. The molecule has 1 saturated heterocycles. The van der Waals surface area contributed by atoms with E-state index >= 15 is 0 Å². The average molecular weight is 386 g/mol. The van der Waals surface area contributed by atoms with Crippen molar-refractivity contribution >= 4 is 14.2 Å². The molecule has 154 valence electrons. The Balaban J connectivity index is 2.53. The second-order valence-electron chi connectivity index (χ2n) is 9.00. The van der Waals surface area contributed by atoms with Gasteiger partial charge in [0.15, 0.2) is 8.32 Å². The third kappa shape index (κ3) is 5.32. The van der Waals surface area contributed by atoms with Gasteiger partial charge in [0.2, 0.25) is 5.91 Å². The summed E-state index contributed by atoms with van der Waals surface area (Å²) in [6.07, 6.45) is 5.61. The van der Waals surface area contributed by atoms with Crippen molar-refractivity contribution in [2.24, 2.45) is 0 Å². The third-order valence-electron chi connectivity index (χ3n) is 6.31. The molecule has 0 aromatic rings. The number of rotatable bonds is 12. The molecule has 1 aliphatic heterocycles. The maximum absolute atomic E-state index is 12.1. The highest BCUT2D eigenvalue weighted by molar-refractivity contribution is 6.77. The molecule has 1 aliphatic rings. The van der Waals surface area contributed by atoms with Crippen LogP contribution >= 0.6 is 0 Å². The van der Waals surface area contributed by atoms with E-state index in [9.17, 15) is 9.90 Å². The normalized spacial score (nSPS) is 21.7. The summed E-state index contributed by atoms with van der Waals surface area (Å²) < 4.78 is 6.60. The summed E-state index contributed by atoms with van der Waals surface area (Å²) in [6.45, 7) is 17.4. The zero-order chi connectivity index (χ0) is 20.0. The van der Waals surface area contributed by atoms with Crippen LogP contribution in [-0.2, 0) is 9.22 Å². The lowest BCUT2D eigenvalue weighted by molar-refractivity contribution is -0.146. The highest BCUT2D eigenvalue weighted by Crippen LogP contribution is 2.42. The molecule has 0 aromatic carbocycles. The van der Waals surface area contributed by atoms with Gasteiger partial charge in [-0.2, -0.15) is 0 Å². The number of hydrogen-bond acceptors (Lipinski definition) is 3. The van der Waals surface area contributed by atoms with Crippen LogP contribution < -0.4 is 0 Å². The predicted octanol–water partition coefficient (Wildman–Crippen LogP) is 5.46. The fourth-order valence-corrected chi connectivity index (χ4v) is 10.5. The van der Waals surface area contributed by atoms with Crippen molar-refractivity contribution < 1.29 is 14.3 Å². The van der Waals surface area contributed by atoms with Crippen molar-refractivity contribution in [2.75, 3.05) is 13.2 Å². The Bertz CT molecular complexity index is 417. The zero-order valence-electron chi connectivity index (χ0n) is 18.3. The minimum absolute atomic E-state index is 0.114. The van der Waals surface area contributed by atoms with E-state index in [0.717, 1.165) is 32.3 Å². The van der Waals surface area contributed by atoms with Crippen molar-refractivity contribution in [1.29, 1.82) is 0 Å². The van der Waals surface area contributed by atoms with Gasteiger partial charge in [-0.05, 0) is 42.3 Å². The Kier molecular flexibility index (Phi) is 9.31. The Labute approximate surface area is 162 Å². The first-order chi connectivity index (χ1) is 12.1. The van der Waals surface area contributed by atoms with Crippen molar-refractivity contribution in [1.82, 2.24) is 4.90 Å². The number of amides is 1. The standard InChI is InChI=1S/C21H43NO3Si/c1-8-9-15-22-20(23)12-14-21(22,24)13-10-11-16-25-26(17(2)3,18(4)5)19(6)7/h17-19,24H,8-16H2,1-7H3. The number of carbonyl (C=O) groups is 1. The first-order valence-corrected chi connectivity index (χ1v) is 12.9. The van der Waals surface area contributed by atoms with Gasteiger partial charge in [0.1, 0.15) is 5.72 Å². The molecule has 1 fully saturated rings. The second-order valence-corrected chi connectivity index (χ2v) is 14.5. The maximum Gasteiger partial charge on any atom is 0.224 e. The molecule has 0 aliphatic carbocycles. The molecule has 1 rings (SSSR count). The summed E-state index contributed by atoms with van der Waals surface area (Å²) >= 11 is 0. The highest BCUT2D eigenvalue weighted by Gasteiger charge is 2.45. The molecule has 4 nitrogen and oxygen atoms in total. The van der Waals surface area contributed by atoms with Gasteiger partial charge >= 0.3 is 0 Å². The van der Waals surface area contributed by atoms with Gasteiger partial charge in [-0.1, -0.05) is 54.9 Å². The van der Waals surface area contributed by atoms with Crippen LogP contribution in [0.25, 0.3) is 0 Å². The maximum atomic E-state index is 12.1. The molecule has 5 heteroatoms. The van der Waals surface area contributed by atoms with Crippen molar-refractivity contribution in [3.63, 3.8) is 0 Å². The van der Waals surface area contributed by atoms with Crippen LogP contribution in [0.15, 0.2) is 0 Å². The van der Waals surface area contributed by atoms with Gasteiger partial charge in [-0.25, -0.2) is 0 Å². The smallest absolute Gasteiger partial charge is 0.224 e. The predicted molar refractivity (Wildman–Crippen MR) is 112 cm³/mol. The lowest BCUT2D eigenvalue weighted by Gasteiger charge is -2.42. The van der Waals surface area contributed by atoms with E-state index in [0.29, 0.717) is 42.4 Å². The van der Waals surface area contributed by atoms with Crippen LogP contribution in [0.1, 0.15) is 93.4 Å². The Morgan fingerprint density at radius 3 is 2.15 bits per heavy atom. The molecule has 1 N–H and O–H groups in total. The van der Waals surface area contributed by atoms with Crippen LogP contribution in [-0.4, -0.2) is 43.1 Å². The molecule has 1 heterocycles. The van der Waals surface area contributed by atoms with Crippen LogP contribution in [0, 0.1) is 0 Å². The molecular formula is C21H43NO3Si. The highest BCUT2D eigenvalue weighted by atomic mass is 28.4. The molecule has 0 radical (unpaired) electrons. The van der Waals surface area contributed by atoms with Gasteiger partial charge in [0, 0.05) is 26.0 Å². The summed E-state index contributed by atoms with van der Waals surface area (Å²) in [4.78, 5) is 13.8. The lowest BCUT2D eigenvalue weighted by Crippen LogP contribution is -2.48. The molecule has 1 amide bonds. The molecular weight excluding hydrogens is 342 g/mol. The van der Waals surface area contributed by atoms with Gasteiger partial charge in [-0.3, -0.25) is 4.79 Å². The van der Waals surface area contributed by atoms with Crippen LogP contribution in [0.4, 0.5) is 0 Å². The number of aliphatic hydroxyl groups is 1. The minimum atomic E-state index is -1.80. The fourth-order valence-electron chi connectivity index (χ4n) is 4.98. The van der Waals surface area contributed by atoms with Crippen molar-refractivity contribution in [3.05, 3.63) is 0 Å². The molecule has 1 atom stereocenters. The van der Waals surface area contributed by atoms with E-state index in [1.165, 1.54) is 0 Å². The number of hydrogen-bond donors (Lipinski definition) is 1. The molecule has 0 saturated carbocycles. The first kappa shape index (κ1) is 23.6. The average Bonchev–Trinajstić information content (AvgIpc) is 2.83. The van der Waals surface area contributed by atoms with E-state index in [4.69, 9.17) is 4.43 Å². The summed E-state index contributed by atoms with van der Waals surface area (Å²) in [5.74, 6) is 0.114. The third-order valence-corrected chi connectivity index (χ3v) is 12.4. The van der Waals surface area contributed by atoms with Crippen molar-refractivity contribution in [2.45, 2.75) is 116 Å². The number of carbonyl (C=O) groups excluding carboxylic acids is 1. The monoisotopic (exact) mass is 385 g/mol. The van der Waals surface area contributed by atoms with Gasteiger partial charge in [0.25, 0.3) is 0 Å². The van der Waals surface area contributed by atoms with E-state index in [1.54, 1.807) is 4.90 Å². The SMILES string of the molecule is CCCCN1C(=O)CCC1(O)CCCCO[Si](C(C)C)(C(C)C)C(C)C. The van der Waals surface area contributed by atoms with Gasteiger partial charge in [0.05, 0.1) is 0 Å².